The molecule has 0 saturated carbocycles. The van der Waals surface area contributed by atoms with E-state index in [-0.39, 0.29) is 5.41 Å². The molecule has 0 unspecified atom stereocenters. The van der Waals surface area contributed by atoms with E-state index in [4.69, 9.17) is 9.40 Å². The summed E-state index contributed by atoms with van der Waals surface area (Å²) in [6.45, 7) is 6.76. The van der Waals surface area contributed by atoms with E-state index in [0.717, 1.165) is 106 Å². The molecule has 5 nitrogen and oxygen atoms in total. The average molecular weight is 887 g/mol. The molecule has 328 valence electrons. The Morgan fingerprint density at radius 1 is 0.478 bits per heavy atom. The largest absolute Gasteiger partial charge is 0.455 e. The van der Waals surface area contributed by atoms with E-state index < -0.39 is 0 Å². The topological polar surface area (TPSA) is 39.8 Å². The van der Waals surface area contributed by atoms with Gasteiger partial charge in [-0.15, -0.1) is 0 Å². The molecule has 0 N–H and O–H groups in total. The summed E-state index contributed by atoms with van der Waals surface area (Å²) in [6.07, 6.45) is 5.84. The fourth-order valence-electron chi connectivity index (χ4n) is 10.4. The standard InChI is InChI=1S/C64H46N4O/c1-64(2,3)46-36-37-65-60(40-46)68-55-28-12-10-24-51(55)52-33-32-44(39-58(52)68)48-34-35-54-53-25-11-15-31-59(53)69-63(54)61(48)45-22-16-23-47(38-45)66-41-67(57-30-14-13-29-56(57)66)62-49(42-18-6-4-7-19-42)26-17-27-50(62)43-20-8-5-9-21-43/h4-40H,1-3H3. The highest BCUT2D eigenvalue weighted by Crippen LogP contribution is 2.44. The molecule has 13 rings (SSSR count). The van der Waals surface area contributed by atoms with Gasteiger partial charge in [0.25, 0.3) is 6.33 Å². The van der Waals surface area contributed by atoms with Crippen molar-refractivity contribution in [3.05, 3.63) is 236 Å². The highest BCUT2D eigenvalue weighted by Gasteiger charge is 2.24. The van der Waals surface area contributed by atoms with Crippen LogP contribution < -0.4 is 4.57 Å². The van der Waals surface area contributed by atoms with Gasteiger partial charge in [-0.05, 0) is 98.5 Å². The van der Waals surface area contributed by atoms with E-state index in [9.17, 15) is 0 Å². The lowest BCUT2D eigenvalue weighted by Gasteiger charge is -2.20. The minimum absolute atomic E-state index is 0.0320. The first-order valence-electron chi connectivity index (χ1n) is 23.6. The zero-order valence-corrected chi connectivity index (χ0v) is 38.6. The third kappa shape index (κ3) is 6.69. The number of fused-ring (bicyclic) bond motifs is 7. The zero-order chi connectivity index (χ0) is 46.2. The van der Waals surface area contributed by atoms with E-state index in [1.165, 1.54) is 16.3 Å². The van der Waals surface area contributed by atoms with Crippen molar-refractivity contribution in [3.63, 3.8) is 0 Å². The molecule has 0 saturated heterocycles. The quantitative estimate of drug-likeness (QED) is 0.118. The number of nitrogens with zero attached hydrogens (tertiary/aromatic N) is 4. The first-order chi connectivity index (χ1) is 33.9. The van der Waals surface area contributed by atoms with Gasteiger partial charge in [0.15, 0.2) is 0 Å². The molecule has 0 radical (unpaired) electrons. The van der Waals surface area contributed by atoms with Gasteiger partial charge in [0.1, 0.15) is 17.0 Å². The fourth-order valence-corrected chi connectivity index (χ4v) is 10.4. The number of rotatable bonds is 7. The number of para-hydroxylation sites is 5. The summed E-state index contributed by atoms with van der Waals surface area (Å²) < 4.78 is 13.7. The predicted molar refractivity (Wildman–Crippen MR) is 283 cm³/mol. The van der Waals surface area contributed by atoms with Crippen LogP contribution in [0.5, 0.6) is 0 Å². The summed E-state index contributed by atoms with van der Waals surface area (Å²) in [6, 6.07) is 78.1. The maximum atomic E-state index is 6.93. The first kappa shape index (κ1) is 40.5. The summed E-state index contributed by atoms with van der Waals surface area (Å²) in [5.41, 5.74) is 18.1. The van der Waals surface area contributed by atoms with E-state index in [2.05, 4.69) is 253 Å². The van der Waals surface area contributed by atoms with Gasteiger partial charge in [0.05, 0.1) is 33.4 Å². The fraction of sp³-hybridized carbons (Fsp3) is 0.0625. The molecule has 0 fully saturated rings. The average Bonchev–Trinajstić information content (AvgIpc) is 4.08. The molecular formula is C64H46N4O. The molecule has 0 atom stereocenters. The van der Waals surface area contributed by atoms with Crippen molar-refractivity contribution in [2.75, 3.05) is 0 Å². The Morgan fingerprint density at radius 2 is 1.12 bits per heavy atom. The lowest BCUT2D eigenvalue weighted by molar-refractivity contribution is -0.571. The molecule has 0 aliphatic heterocycles. The van der Waals surface area contributed by atoms with E-state index in [1.54, 1.807) is 0 Å². The number of benzene rings is 9. The van der Waals surface area contributed by atoms with Crippen LogP contribution in [0.25, 0.3) is 116 Å². The minimum Gasteiger partial charge on any atom is -0.455 e. The lowest BCUT2D eigenvalue weighted by Crippen LogP contribution is -2.31. The van der Waals surface area contributed by atoms with E-state index >= 15 is 0 Å². The number of imidazole rings is 1. The molecule has 0 spiro atoms. The molecule has 4 aromatic heterocycles. The minimum atomic E-state index is -0.0320. The maximum absolute atomic E-state index is 6.93. The van der Waals surface area contributed by atoms with Crippen LogP contribution in [0.4, 0.5) is 0 Å². The maximum Gasteiger partial charge on any atom is 0.269 e. The number of furan rings is 1. The van der Waals surface area contributed by atoms with E-state index in [1.807, 2.05) is 12.3 Å². The van der Waals surface area contributed by atoms with Crippen molar-refractivity contribution < 1.29 is 8.98 Å². The Morgan fingerprint density at radius 3 is 1.88 bits per heavy atom. The Labute approximate surface area is 400 Å². The highest BCUT2D eigenvalue weighted by atomic mass is 16.3. The van der Waals surface area contributed by atoms with Gasteiger partial charge < -0.3 is 4.42 Å². The van der Waals surface area contributed by atoms with Crippen LogP contribution in [-0.2, 0) is 5.41 Å². The SMILES string of the molecule is CC(C)(C)c1ccnc(-n2c3ccccc3c3ccc(-c4ccc5c(oc6ccccc65)c4-c4cccc(-n5[c-][n+](-c6c(-c7ccccc7)cccc6-c6ccccc6)c6ccccc65)c4)cc32)c1. The molecule has 69 heavy (non-hydrogen) atoms. The van der Waals surface area contributed by atoms with Gasteiger partial charge in [-0.3, -0.25) is 13.7 Å². The normalized spacial score (nSPS) is 12.0. The third-order valence-corrected chi connectivity index (χ3v) is 13.8. The zero-order valence-electron chi connectivity index (χ0n) is 38.6. The number of aromatic nitrogens is 4. The van der Waals surface area contributed by atoms with Crippen molar-refractivity contribution in [1.82, 2.24) is 14.1 Å². The summed E-state index contributed by atoms with van der Waals surface area (Å²) in [5, 5.41) is 4.54. The Hall–Kier alpha value is -8.80. The summed E-state index contributed by atoms with van der Waals surface area (Å²) in [5.74, 6) is 0.904. The Kier molecular flexibility index (Phi) is 9.34. The van der Waals surface area contributed by atoms with Crippen molar-refractivity contribution in [2.24, 2.45) is 0 Å². The van der Waals surface area contributed by atoms with Gasteiger partial charge in [-0.25, -0.2) is 4.98 Å². The van der Waals surface area contributed by atoms with Gasteiger partial charge in [0.2, 0.25) is 0 Å². The van der Waals surface area contributed by atoms with Crippen molar-refractivity contribution in [1.29, 1.82) is 0 Å². The van der Waals surface area contributed by atoms with Crippen LogP contribution >= 0.6 is 0 Å². The molecule has 0 aliphatic carbocycles. The Bertz CT molecular complexity index is 4050. The van der Waals surface area contributed by atoms with Crippen molar-refractivity contribution in [3.8, 4) is 61.7 Å². The molecule has 0 aliphatic rings. The molecular weight excluding hydrogens is 841 g/mol. The van der Waals surface area contributed by atoms with Crippen LogP contribution in [0, 0.1) is 6.33 Å². The smallest absolute Gasteiger partial charge is 0.269 e. The van der Waals surface area contributed by atoms with Crippen LogP contribution in [0.2, 0.25) is 0 Å². The monoisotopic (exact) mass is 886 g/mol. The molecule has 4 heterocycles. The van der Waals surface area contributed by atoms with Crippen LogP contribution in [0.15, 0.2) is 229 Å². The second-order valence-electron chi connectivity index (χ2n) is 18.9. The van der Waals surface area contributed by atoms with Gasteiger partial charge in [0, 0.05) is 33.3 Å². The third-order valence-electron chi connectivity index (χ3n) is 13.8. The van der Waals surface area contributed by atoms with Gasteiger partial charge >= 0.3 is 0 Å². The van der Waals surface area contributed by atoms with Crippen LogP contribution in [0.3, 0.4) is 0 Å². The molecule has 13 aromatic rings. The summed E-state index contributed by atoms with van der Waals surface area (Å²) in [4.78, 5) is 4.99. The molecule has 0 bridgehead atoms. The number of hydrogen-bond acceptors (Lipinski definition) is 2. The first-order valence-corrected chi connectivity index (χ1v) is 23.6. The second kappa shape index (κ2) is 15.9. The van der Waals surface area contributed by atoms with E-state index in [0.29, 0.717) is 0 Å². The van der Waals surface area contributed by atoms with Crippen LogP contribution in [0.1, 0.15) is 26.3 Å². The van der Waals surface area contributed by atoms with Crippen LogP contribution in [-0.4, -0.2) is 14.1 Å². The molecule has 0 amide bonds. The summed E-state index contributed by atoms with van der Waals surface area (Å²) >= 11 is 0. The predicted octanol–water partition coefficient (Wildman–Crippen LogP) is 16.1. The number of hydrogen-bond donors (Lipinski definition) is 0. The Balaban J connectivity index is 1.03. The molecule has 9 aromatic carbocycles. The lowest BCUT2D eigenvalue weighted by atomic mass is 9.88. The highest BCUT2D eigenvalue weighted by molar-refractivity contribution is 6.14. The van der Waals surface area contributed by atoms with Gasteiger partial charge in [-0.1, -0.05) is 191 Å². The van der Waals surface area contributed by atoms with Crippen molar-refractivity contribution in [2.45, 2.75) is 26.2 Å². The van der Waals surface area contributed by atoms with Crippen molar-refractivity contribution >= 4 is 54.8 Å². The second-order valence-corrected chi connectivity index (χ2v) is 18.9. The summed E-state index contributed by atoms with van der Waals surface area (Å²) in [7, 11) is 0. The van der Waals surface area contributed by atoms with Gasteiger partial charge in [-0.2, -0.15) is 0 Å². The molecule has 5 heteroatoms. The number of pyridine rings is 1.